The van der Waals surface area contributed by atoms with Crippen LogP contribution >= 0.6 is 0 Å². The second-order valence-corrected chi connectivity index (χ2v) is 4.73. The fourth-order valence-electron chi connectivity index (χ4n) is 1.80. The first-order chi connectivity index (χ1) is 6.58. The number of carbonyl (C=O) groups excluding carboxylic acids is 1. The highest BCUT2D eigenvalue weighted by atomic mass is 16.2. The topological polar surface area (TPSA) is 41.1 Å². The lowest BCUT2D eigenvalue weighted by Gasteiger charge is -2.16. The third-order valence-electron chi connectivity index (χ3n) is 2.78. The maximum absolute atomic E-state index is 11.3. The lowest BCUT2D eigenvalue weighted by atomic mass is 10.0. The fourth-order valence-corrected chi connectivity index (χ4v) is 1.80. The van der Waals surface area contributed by atoms with Crippen molar-refractivity contribution in [1.82, 2.24) is 10.6 Å². The lowest BCUT2D eigenvalue weighted by Crippen LogP contribution is -2.41. The van der Waals surface area contributed by atoms with Gasteiger partial charge in [-0.3, -0.25) is 0 Å². The predicted molar refractivity (Wildman–Crippen MR) is 58.2 cm³/mol. The molecular weight excluding hydrogens is 176 g/mol. The molecule has 0 saturated heterocycles. The van der Waals surface area contributed by atoms with Crippen molar-refractivity contribution in [1.29, 1.82) is 0 Å². The van der Waals surface area contributed by atoms with Crippen molar-refractivity contribution < 1.29 is 4.79 Å². The smallest absolute Gasteiger partial charge is 0.315 e. The van der Waals surface area contributed by atoms with Gasteiger partial charge in [0, 0.05) is 12.6 Å². The Morgan fingerprint density at radius 2 is 2.07 bits per heavy atom. The van der Waals surface area contributed by atoms with Crippen molar-refractivity contribution in [3.63, 3.8) is 0 Å². The minimum atomic E-state index is -0.0256. The van der Waals surface area contributed by atoms with Crippen molar-refractivity contribution >= 4 is 6.03 Å². The van der Waals surface area contributed by atoms with E-state index in [2.05, 4.69) is 17.6 Å². The molecule has 14 heavy (non-hydrogen) atoms. The summed E-state index contributed by atoms with van der Waals surface area (Å²) in [4.78, 5) is 11.3. The van der Waals surface area contributed by atoms with Gasteiger partial charge in [0.1, 0.15) is 0 Å². The Hall–Kier alpha value is -0.730. The average molecular weight is 198 g/mol. The molecule has 1 saturated carbocycles. The van der Waals surface area contributed by atoms with Crippen LogP contribution in [0.25, 0.3) is 0 Å². The molecule has 0 spiro atoms. The third kappa shape index (κ3) is 3.56. The van der Waals surface area contributed by atoms with Gasteiger partial charge in [0.15, 0.2) is 0 Å². The molecule has 0 heterocycles. The van der Waals surface area contributed by atoms with Gasteiger partial charge >= 0.3 is 6.03 Å². The summed E-state index contributed by atoms with van der Waals surface area (Å²) in [6.45, 7) is 6.99. The van der Waals surface area contributed by atoms with Crippen LogP contribution in [-0.2, 0) is 0 Å². The SMILES string of the molecule is CCCC1(CNC(=O)NC(C)C)CC1. The number of amides is 2. The molecule has 82 valence electrons. The Bertz CT molecular complexity index is 197. The first-order valence-electron chi connectivity index (χ1n) is 5.62. The van der Waals surface area contributed by atoms with E-state index in [-0.39, 0.29) is 12.1 Å². The summed E-state index contributed by atoms with van der Waals surface area (Å²) >= 11 is 0. The van der Waals surface area contributed by atoms with E-state index in [4.69, 9.17) is 0 Å². The molecule has 2 amide bonds. The second kappa shape index (κ2) is 4.67. The van der Waals surface area contributed by atoms with Crippen molar-refractivity contribution in [2.45, 2.75) is 52.5 Å². The first-order valence-corrected chi connectivity index (χ1v) is 5.62. The van der Waals surface area contributed by atoms with Crippen molar-refractivity contribution in [3.8, 4) is 0 Å². The molecule has 0 unspecified atom stereocenters. The predicted octanol–water partition coefficient (Wildman–Crippen LogP) is 2.27. The van der Waals surface area contributed by atoms with E-state index in [1.54, 1.807) is 0 Å². The summed E-state index contributed by atoms with van der Waals surface area (Å²) < 4.78 is 0. The summed E-state index contributed by atoms with van der Waals surface area (Å²) in [5.41, 5.74) is 0.447. The van der Waals surface area contributed by atoms with Crippen LogP contribution in [0.15, 0.2) is 0 Å². The van der Waals surface area contributed by atoms with E-state index in [1.165, 1.54) is 25.7 Å². The van der Waals surface area contributed by atoms with Gasteiger partial charge in [-0.25, -0.2) is 4.79 Å². The van der Waals surface area contributed by atoms with Crippen LogP contribution in [0, 0.1) is 5.41 Å². The molecule has 0 aromatic carbocycles. The Kier molecular flexibility index (Phi) is 3.78. The monoisotopic (exact) mass is 198 g/mol. The number of rotatable bonds is 5. The highest BCUT2D eigenvalue weighted by Gasteiger charge is 2.41. The zero-order valence-corrected chi connectivity index (χ0v) is 9.52. The van der Waals surface area contributed by atoms with Crippen LogP contribution < -0.4 is 10.6 Å². The van der Waals surface area contributed by atoms with E-state index in [9.17, 15) is 4.79 Å². The van der Waals surface area contributed by atoms with Gasteiger partial charge in [-0.2, -0.15) is 0 Å². The van der Waals surface area contributed by atoms with Crippen LogP contribution in [-0.4, -0.2) is 18.6 Å². The van der Waals surface area contributed by atoms with E-state index in [1.807, 2.05) is 13.8 Å². The van der Waals surface area contributed by atoms with Crippen molar-refractivity contribution in [3.05, 3.63) is 0 Å². The van der Waals surface area contributed by atoms with Gasteiger partial charge in [-0.05, 0) is 38.5 Å². The molecule has 0 aliphatic heterocycles. The Balaban J connectivity index is 2.17. The average Bonchev–Trinajstić information content (AvgIpc) is 2.82. The molecule has 1 aliphatic rings. The summed E-state index contributed by atoms with van der Waals surface area (Å²) in [6, 6.07) is 0.193. The molecular formula is C11H22N2O. The zero-order chi connectivity index (χ0) is 10.6. The number of hydrogen-bond donors (Lipinski definition) is 2. The minimum absolute atomic E-state index is 0.0256. The van der Waals surface area contributed by atoms with Gasteiger partial charge in [-0.15, -0.1) is 0 Å². The summed E-state index contributed by atoms with van der Waals surface area (Å²) in [7, 11) is 0. The van der Waals surface area contributed by atoms with Gasteiger partial charge in [0.25, 0.3) is 0 Å². The van der Waals surface area contributed by atoms with Crippen LogP contribution in [0.1, 0.15) is 46.5 Å². The Labute approximate surface area is 86.6 Å². The third-order valence-corrected chi connectivity index (χ3v) is 2.78. The van der Waals surface area contributed by atoms with Crippen LogP contribution in [0.4, 0.5) is 4.79 Å². The van der Waals surface area contributed by atoms with Crippen LogP contribution in [0.3, 0.4) is 0 Å². The summed E-state index contributed by atoms with van der Waals surface area (Å²) in [5.74, 6) is 0. The van der Waals surface area contributed by atoms with Crippen LogP contribution in [0.5, 0.6) is 0 Å². The maximum Gasteiger partial charge on any atom is 0.315 e. The molecule has 0 atom stereocenters. The molecule has 1 fully saturated rings. The van der Waals surface area contributed by atoms with Gasteiger partial charge in [-0.1, -0.05) is 13.3 Å². The van der Waals surface area contributed by atoms with Gasteiger partial charge in [0.05, 0.1) is 0 Å². The minimum Gasteiger partial charge on any atom is -0.338 e. The molecule has 2 N–H and O–H groups in total. The van der Waals surface area contributed by atoms with Gasteiger partial charge in [0.2, 0.25) is 0 Å². The largest absolute Gasteiger partial charge is 0.338 e. The first kappa shape index (κ1) is 11.3. The number of carbonyl (C=O) groups is 1. The lowest BCUT2D eigenvalue weighted by molar-refractivity contribution is 0.235. The quantitative estimate of drug-likeness (QED) is 0.699. The molecule has 3 nitrogen and oxygen atoms in total. The molecule has 3 heteroatoms. The Morgan fingerprint density at radius 1 is 1.43 bits per heavy atom. The summed E-state index contributed by atoms with van der Waals surface area (Å²) in [5, 5.41) is 5.79. The maximum atomic E-state index is 11.3. The molecule has 1 rings (SSSR count). The normalized spacial score (nSPS) is 18.0. The molecule has 0 radical (unpaired) electrons. The van der Waals surface area contributed by atoms with E-state index in [0.29, 0.717) is 5.41 Å². The Morgan fingerprint density at radius 3 is 2.50 bits per heavy atom. The number of urea groups is 1. The highest BCUT2D eigenvalue weighted by Crippen LogP contribution is 2.48. The van der Waals surface area contributed by atoms with E-state index < -0.39 is 0 Å². The fraction of sp³-hybridized carbons (Fsp3) is 0.909. The molecule has 0 aromatic heterocycles. The molecule has 0 bridgehead atoms. The zero-order valence-electron chi connectivity index (χ0n) is 9.52. The van der Waals surface area contributed by atoms with Crippen molar-refractivity contribution in [2.24, 2.45) is 5.41 Å². The molecule has 1 aliphatic carbocycles. The van der Waals surface area contributed by atoms with Gasteiger partial charge < -0.3 is 10.6 Å². The second-order valence-electron chi connectivity index (χ2n) is 4.73. The van der Waals surface area contributed by atoms with E-state index in [0.717, 1.165) is 6.54 Å². The summed E-state index contributed by atoms with van der Waals surface area (Å²) in [6.07, 6.45) is 5.02. The van der Waals surface area contributed by atoms with E-state index >= 15 is 0 Å². The molecule has 0 aromatic rings. The highest BCUT2D eigenvalue weighted by molar-refractivity contribution is 5.74. The van der Waals surface area contributed by atoms with Crippen molar-refractivity contribution in [2.75, 3.05) is 6.54 Å². The van der Waals surface area contributed by atoms with Crippen LogP contribution in [0.2, 0.25) is 0 Å². The standard InChI is InChI=1S/C11H22N2O/c1-4-5-11(6-7-11)8-12-10(14)13-9(2)3/h9H,4-8H2,1-3H3,(H2,12,13,14). The number of nitrogens with one attached hydrogen (secondary N) is 2. The number of hydrogen-bond acceptors (Lipinski definition) is 1.